The first-order valence-electron chi connectivity index (χ1n) is 9.38. The predicted octanol–water partition coefficient (Wildman–Crippen LogP) is 4.05. The summed E-state index contributed by atoms with van der Waals surface area (Å²) < 4.78 is 0. The molecule has 2 heteroatoms. The molecule has 0 radical (unpaired) electrons. The van der Waals surface area contributed by atoms with Crippen LogP contribution >= 0.6 is 0 Å². The molecule has 21 heavy (non-hydrogen) atoms. The third-order valence-electron chi connectivity index (χ3n) is 6.69. The molecule has 2 aliphatic heterocycles. The normalized spacial score (nSPS) is 40.7. The zero-order valence-electron chi connectivity index (χ0n) is 14.7. The van der Waals surface area contributed by atoms with Crippen molar-refractivity contribution in [3.05, 3.63) is 0 Å². The van der Waals surface area contributed by atoms with E-state index in [4.69, 9.17) is 0 Å². The summed E-state index contributed by atoms with van der Waals surface area (Å²) in [5.74, 6) is 1.91. The van der Waals surface area contributed by atoms with Crippen LogP contribution in [0, 0.1) is 17.3 Å². The van der Waals surface area contributed by atoms with Crippen LogP contribution in [0.4, 0.5) is 0 Å². The fraction of sp³-hybridized carbons (Fsp3) is 1.00. The van der Waals surface area contributed by atoms with Gasteiger partial charge >= 0.3 is 0 Å². The second-order valence-corrected chi connectivity index (χ2v) is 9.29. The molecular weight excluding hydrogens is 256 g/mol. The van der Waals surface area contributed by atoms with E-state index in [0.717, 1.165) is 30.0 Å². The maximum Gasteiger partial charge on any atom is 0.0122 e. The topological polar surface area (TPSA) is 15.3 Å². The standard InChI is InChI=1S/C19H36N2/c1-19(2,3)15-7-5-14(6-8-15)13-21(4)18-11-16-9-10-17(12-18)20-16/h14-18,20H,5-13H2,1-4H3. The molecule has 2 saturated heterocycles. The fourth-order valence-corrected chi connectivity index (χ4v) is 5.15. The molecule has 3 aliphatic rings. The Morgan fingerprint density at radius 2 is 1.48 bits per heavy atom. The summed E-state index contributed by atoms with van der Waals surface area (Å²) in [6.45, 7) is 8.62. The van der Waals surface area contributed by atoms with Crippen molar-refractivity contribution < 1.29 is 0 Å². The van der Waals surface area contributed by atoms with E-state index in [-0.39, 0.29) is 0 Å². The Morgan fingerprint density at radius 3 is 2.00 bits per heavy atom. The first-order chi connectivity index (χ1) is 9.91. The molecule has 0 spiro atoms. The van der Waals surface area contributed by atoms with Crippen LogP contribution in [0.5, 0.6) is 0 Å². The molecule has 2 nitrogen and oxygen atoms in total. The minimum atomic E-state index is 0.519. The van der Waals surface area contributed by atoms with Crippen molar-refractivity contribution in [3.8, 4) is 0 Å². The van der Waals surface area contributed by atoms with Gasteiger partial charge in [0.25, 0.3) is 0 Å². The molecule has 122 valence electrons. The quantitative estimate of drug-likeness (QED) is 0.844. The van der Waals surface area contributed by atoms with Crippen LogP contribution in [0.25, 0.3) is 0 Å². The van der Waals surface area contributed by atoms with Gasteiger partial charge in [-0.05, 0) is 75.7 Å². The van der Waals surface area contributed by atoms with Gasteiger partial charge in [0.1, 0.15) is 0 Å². The molecule has 1 N–H and O–H groups in total. The third kappa shape index (κ3) is 3.82. The zero-order chi connectivity index (χ0) is 15.0. The van der Waals surface area contributed by atoms with Crippen molar-refractivity contribution in [2.45, 2.75) is 90.3 Å². The molecule has 3 fully saturated rings. The summed E-state index contributed by atoms with van der Waals surface area (Å²) in [6.07, 6.45) is 11.5. The Bertz CT molecular complexity index is 326. The van der Waals surface area contributed by atoms with Crippen LogP contribution in [0.1, 0.15) is 72.1 Å². The van der Waals surface area contributed by atoms with E-state index in [0.29, 0.717) is 5.41 Å². The van der Waals surface area contributed by atoms with Crippen molar-refractivity contribution in [2.75, 3.05) is 13.6 Å². The van der Waals surface area contributed by atoms with E-state index in [1.807, 2.05) is 0 Å². The number of fused-ring (bicyclic) bond motifs is 2. The number of piperidine rings is 1. The maximum atomic E-state index is 3.77. The van der Waals surface area contributed by atoms with Gasteiger partial charge in [-0.1, -0.05) is 20.8 Å². The van der Waals surface area contributed by atoms with Crippen LogP contribution < -0.4 is 5.32 Å². The summed E-state index contributed by atoms with van der Waals surface area (Å²) >= 11 is 0. The summed E-state index contributed by atoms with van der Waals surface area (Å²) in [5, 5.41) is 3.77. The fourth-order valence-electron chi connectivity index (χ4n) is 5.15. The Hall–Kier alpha value is -0.0800. The van der Waals surface area contributed by atoms with E-state index >= 15 is 0 Å². The summed E-state index contributed by atoms with van der Waals surface area (Å²) in [6, 6.07) is 2.50. The Kier molecular flexibility index (Phi) is 4.66. The van der Waals surface area contributed by atoms with Crippen LogP contribution in [-0.4, -0.2) is 36.6 Å². The number of nitrogens with zero attached hydrogens (tertiary/aromatic N) is 1. The van der Waals surface area contributed by atoms with Gasteiger partial charge in [0, 0.05) is 24.7 Å². The first-order valence-corrected chi connectivity index (χ1v) is 9.38. The van der Waals surface area contributed by atoms with Crippen LogP contribution in [0.2, 0.25) is 0 Å². The van der Waals surface area contributed by atoms with Gasteiger partial charge in [-0.15, -0.1) is 0 Å². The van der Waals surface area contributed by atoms with Crippen molar-refractivity contribution in [2.24, 2.45) is 17.3 Å². The van der Waals surface area contributed by atoms with Gasteiger partial charge in [-0.3, -0.25) is 0 Å². The summed E-state index contributed by atoms with van der Waals surface area (Å²) in [7, 11) is 2.39. The van der Waals surface area contributed by atoms with E-state index in [9.17, 15) is 0 Å². The van der Waals surface area contributed by atoms with E-state index in [2.05, 4.69) is 38.0 Å². The van der Waals surface area contributed by atoms with E-state index in [1.54, 1.807) is 0 Å². The Balaban J connectivity index is 1.45. The van der Waals surface area contributed by atoms with Crippen molar-refractivity contribution in [3.63, 3.8) is 0 Å². The predicted molar refractivity (Wildman–Crippen MR) is 90.5 cm³/mol. The lowest BCUT2D eigenvalue weighted by molar-refractivity contribution is 0.104. The molecule has 0 aromatic carbocycles. The van der Waals surface area contributed by atoms with Crippen molar-refractivity contribution >= 4 is 0 Å². The molecule has 2 unspecified atom stereocenters. The second-order valence-electron chi connectivity index (χ2n) is 9.29. The zero-order valence-corrected chi connectivity index (χ0v) is 14.7. The van der Waals surface area contributed by atoms with Gasteiger partial charge in [0.05, 0.1) is 0 Å². The van der Waals surface area contributed by atoms with E-state index in [1.165, 1.54) is 57.9 Å². The Morgan fingerprint density at radius 1 is 0.905 bits per heavy atom. The van der Waals surface area contributed by atoms with Gasteiger partial charge < -0.3 is 10.2 Å². The van der Waals surface area contributed by atoms with Gasteiger partial charge in [-0.25, -0.2) is 0 Å². The minimum absolute atomic E-state index is 0.519. The number of nitrogens with one attached hydrogen (secondary N) is 1. The number of rotatable bonds is 3. The molecule has 0 amide bonds. The molecule has 1 saturated carbocycles. The highest BCUT2D eigenvalue weighted by molar-refractivity contribution is 4.95. The maximum absolute atomic E-state index is 3.77. The van der Waals surface area contributed by atoms with Crippen molar-refractivity contribution in [1.82, 2.24) is 10.2 Å². The monoisotopic (exact) mass is 292 g/mol. The highest BCUT2D eigenvalue weighted by Crippen LogP contribution is 2.40. The SMILES string of the molecule is CN(CC1CCC(C(C)(C)C)CC1)C1CC2CCC(C1)N2. The lowest BCUT2D eigenvalue weighted by atomic mass is 9.70. The minimum Gasteiger partial charge on any atom is -0.311 e. The van der Waals surface area contributed by atoms with Crippen LogP contribution in [-0.2, 0) is 0 Å². The van der Waals surface area contributed by atoms with Gasteiger partial charge in [0.2, 0.25) is 0 Å². The molecule has 1 aliphatic carbocycles. The van der Waals surface area contributed by atoms with Crippen LogP contribution in [0.3, 0.4) is 0 Å². The molecule has 0 aromatic rings. The molecule has 3 rings (SSSR count). The third-order valence-corrected chi connectivity index (χ3v) is 6.69. The van der Waals surface area contributed by atoms with Crippen molar-refractivity contribution in [1.29, 1.82) is 0 Å². The largest absolute Gasteiger partial charge is 0.311 e. The highest BCUT2D eigenvalue weighted by atomic mass is 15.2. The Labute approximate surface area is 132 Å². The molecule has 2 heterocycles. The summed E-state index contributed by atoms with van der Waals surface area (Å²) in [5.41, 5.74) is 0.519. The van der Waals surface area contributed by atoms with Crippen LogP contribution in [0.15, 0.2) is 0 Å². The van der Waals surface area contributed by atoms with Gasteiger partial charge in [0.15, 0.2) is 0 Å². The molecule has 2 atom stereocenters. The first kappa shape index (κ1) is 15.8. The number of hydrogen-bond donors (Lipinski definition) is 1. The highest BCUT2D eigenvalue weighted by Gasteiger charge is 2.36. The lowest BCUT2D eigenvalue weighted by Crippen LogP contribution is -2.48. The molecule has 2 bridgehead atoms. The smallest absolute Gasteiger partial charge is 0.0122 e. The summed E-state index contributed by atoms with van der Waals surface area (Å²) in [4.78, 5) is 2.72. The molecule has 0 aromatic heterocycles. The lowest BCUT2D eigenvalue weighted by Gasteiger charge is -2.41. The van der Waals surface area contributed by atoms with Gasteiger partial charge in [-0.2, -0.15) is 0 Å². The number of hydrogen-bond acceptors (Lipinski definition) is 2. The van der Waals surface area contributed by atoms with E-state index < -0.39 is 0 Å². The average Bonchev–Trinajstić information content (AvgIpc) is 2.77. The average molecular weight is 293 g/mol. The second kappa shape index (κ2) is 6.20. The molecular formula is C19H36N2.